The van der Waals surface area contributed by atoms with Gasteiger partial charge in [-0.25, -0.2) is 4.98 Å². The lowest BCUT2D eigenvalue weighted by atomic mass is 10.4. The Labute approximate surface area is 88.1 Å². The lowest BCUT2D eigenvalue weighted by molar-refractivity contribution is 1.03. The van der Waals surface area contributed by atoms with E-state index in [-0.39, 0.29) is 0 Å². The first-order valence-corrected chi connectivity index (χ1v) is 5.41. The summed E-state index contributed by atoms with van der Waals surface area (Å²) in [5.41, 5.74) is 6.58. The third-order valence-corrected chi connectivity index (χ3v) is 3.59. The number of aromatic amines is 1. The summed E-state index contributed by atoms with van der Waals surface area (Å²) < 4.78 is 0.861. The van der Waals surface area contributed by atoms with E-state index in [1.807, 2.05) is 18.3 Å². The van der Waals surface area contributed by atoms with Crippen LogP contribution in [0.5, 0.6) is 0 Å². The minimum Gasteiger partial charge on any atom is -0.360 e. The van der Waals surface area contributed by atoms with Crippen LogP contribution in [0.1, 0.15) is 5.01 Å². The zero-order valence-corrected chi connectivity index (χ0v) is 9.15. The monoisotopic (exact) mass is 257 g/mol. The van der Waals surface area contributed by atoms with Gasteiger partial charge in [0.2, 0.25) is 0 Å². The molecule has 5 heteroatoms. The van der Waals surface area contributed by atoms with Gasteiger partial charge in [0, 0.05) is 12.7 Å². The van der Waals surface area contributed by atoms with Crippen LogP contribution in [0.2, 0.25) is 0 Å². The van der Waals surface area contributed by atoms with E-state index in [0.717, 1.165) is 20.2 Å². The number of nitrogens with two attached hydrogens (primary N) is 1. The Balaban J connectivity index is 2.46. The average Bonchev–Trinajstić information content (AvgIpc) is 2.72. The van der Waals surface area contributed by atoms with Crippen LogP contribution < -0.4 is 5.73 Å². The number of halogens is 1. The zero-order valence-electron chi connectivity index (χ0n) is 6.75. The second-order valence-electron chi connectivity index (χ2n) is 2.52. The maximum Gasteiger partial charge on any atom is 0.126 e. The third-order valence-electron chi connectivity index (χ3n) is 1.65. The molecule has 68 valence electrons. The topological polar surface area (TPSA) is 54.7 Å². The number of rotatable bonds is 2. The molecular formula is C8H8BrN3S. The molecule has 0 aliphatic carbocycles. The average molecular weight is 258 g/mol. The molecule has 0 aliphatic heterocycles. The molecule has 3 N–H and O–H groups in total. The molecule has 0 radical (unpaired) electrons. The van der Waals surface area contributed by atoms with E-state index in [9.17, 15) is 0 Å². The molecule has 0 fully saturated rings. The molecule has 0 aromatic carbocycles. The van der Waals surface area contributed by atoms with Gasteiger partial charge in [0.1, 0.15) is 9.61 Å². The van der Waals surface area contributed by atoms with Crippen LogP contribution in [0.15, 0.2) is 22.9 Å². The molecular weight excluding hydrogens is 250 g/mol. The van der Waals surface area contributed by atoms with Crippen LogP contribution in [0.3, 0.4) is 0 Å². The molecule has 2 rings (SSSR count). The summed E-state index contributed by atoms with van der Waals surface area (Å²) in [6.45, 7) is 0.490. The van der Waals surface area contributed by atoms with Gasteiger partial charge in [-0.15, -0.1) is 11.3 Å². The summed E-state index contributed by atoms with van der Waals surface area (Å²) in [4.78, 5) is 8.51. The summed E-state index contributed by atoms with van der Waals surface area (Å²) in [6, 6.07) is 3.97. The molecule has 0 unspecified atom stereocenters. The fourth-order valence-corrected chi connectivity index (χ4v) is 2.68. The normalized spacial score (nSPS) is 10.6. The van der Waals surface area contributed by atoms with Crippen LogP contribution in [0.25, 0.3) is 10.6 Å². The Morgan fingerprint density at radius 2 is 2.46 bits per heavy atom. The molecule has 0 saturated heterocycles. The Morgan fingerprint density at radius 1 is 1.62 bits per heavy atom. The zero-order chi connectivity index (χ0) is 9.26. The van der Waals surface area contributed by atoms with Gasteiger partial charge < -0.3 is 10.7 Å². The third kappa shape index (κ3) is 1.67. The Hall–Kier alpha value is -0.650. The van der Waals surface area contributed by atoms with Gasteiger partial charge in [-0.05, 0) is 28.1 Å². The first-order chi connectivity index (χ1) is 6.31. The van der Waals surface area contributed by atoms with E-state index >= 15 is 0 Å². The molecule has 0 amide bonds. The molecule has 2 heterocycles. The van der Waals surface area contributed by atoms with Crippen molar-refractivity contribution in [3.63, 3.8) is 0 Å². The summed E-state index contributed by atoms with van der Waals surface area (Å²) in [5.74, 6) is 0. The summed E-state index contributed by atoms with van der Waals surface area (Å²) in [5, 5.41) is 0.941. The van der Waals surface area contributed by atoms with E-state index in [0.29, 0.717) is 6.54 Å². The maximum absolute atomic E-state index is 5.50. The number of hydrogen-bond acceptors (Lipinski definition) is 3. The van der Waals surface area contributed by atoms with Crippen LogP contribution >= 0.6 is 27.3 Å². The van der Waals surface area contributed by atoms with E-state index < -0.39 is 0 Å². The van der Waals surface area contributed by atoms with Crippen molar-refractivity contribution < 1.29 is 0 Å². The molecule has 0 atom stereocenters. The predicted octanol–water partition coefficient (Wildman–Crippen LogP) is 2.36. The first kappa shape index (κ1) is 8.93. The van der Waals surface area contributed by atoms with Gasteiger partial charge in [-0.3, -0.25) is 0 Å². The highest BCUT2D eigenvalue weighted by molar-refractivity contribution is 9.10. The van der Waals surface area contributed by atoms with Crippen molar-refractivity contribution in [2.45, 2.75) is 6.54 Å². The minimum atomic E-state index is 0.490. The van der Waals surface area contributed by atoms with Crippen molar-refractivity contribution in [3.05, 3.63) is 27.9 Å². The van der Waals surface area contributed by atoms with Crippen LogP contribution in [-0.4, -0.2) is 9.97 Å². The van der Waals surface area contributed by atoms with Crippen LogP contribution in [-0.2, 0) is 6.54 Å². The molecule has 0 bridgehead atoms. The Bertz CT molecular complexity index is 393. The minimum absolute atomic E-state index is 0.490. The summed E-state index contributed by atoms with van der Waals surface area (Å²) in [7, 11) is 0. The number of aromatic nitrogens is 2. The highest BCUT2D eigenvalue weighted by Gasteiger charge is 2.09. The number of H-pyrrole nitrogens is 1. The molecule has 0 saturated carbocycles. The van der Waals surface area contributed by atoms with Crippen molar-refractivity contribution in [1.82, 2.24) is 9.97 Å². The second kappa shape index (κ2) is 3.61. The fraction of sp³-hybridized carbons (Fsp3) is 0.125. The lowest BCUT2D eigenvalue weighted by Crippen LogP contribution is -1.93. The highest BCUT2D eigenvalue weighted by atomic mass is 79.9. The molecule has 0 spiro atoms. The highest BCUT2D eigenvalue weighted by Crippen LogP contribution is 2.32. The standard InChI is InChI=1S/C8H8BrN3S/c9-8-7(5-2-1-3-11-5)13-6(4-10)12-8/h1-3,11H,4,10H2. The smallest absolute Gasteiger partial charge is 0.126 e. The predicted molar refractivity (Wildman–Crippen MR) is 57.5 cm³/mol. The number of nitrogens with zero attached hydrogens (tertiary/aromatic N) is 1. The summed E-state index contributed by atoms with van der Waals surface area (Å²) in [6.07, 6.45) is 1.89. The summed E-state index contributed by atoms with van der Waals surface area (Å²) >= 11 is 5.01. The van der Waals surface area contributed by atoms with Crippen molar-refractivity contribution in [1.29, 1.82) is 0 Å². The number of nitrogens with one attached hydrogen (secondary N) is 1. The van der Waals surface area contributed by atoms with Crippen molar-refractivity contribution >= 4 is 27.3 Å². The van der Waals surface area contributed by atoms with E-state index in [1.165, 1.54) is 0 Å². The van der Waals surface area contributed by atoms with Gasteiger partial charge in [-0.2, -0.15) is 0 Å². The number of hydrogen-bond donors (Lipinski definition) is 2. The Morgan fingerprint density at radius 3 is 3.00 bits per heavy atom. The molecule has 3 nitrogen and oxygen atoms in total. The fourth-order valence-electron chi connectivity index (χ4n) is 1.07. The molecule has 13 heavy (non-hydrogen) atoms. The Kier molecular flexibility index (Phi) is 2.48. The molecule has 2 aromatic rings. The van der Waals surface area contributed by atoms with Crippen LogP contribution in [0, 0.1) is 0 Å². The van der Waals surface area contributed by atoms with E-state index in [4.69, 9.17) is 5.73 Å². The maximum atomic E-state index is 5.50. The lowest BCUT2D eigenvalue weighted by Gasteiger charge is -1.90. The van der Waals surface area contributed by atoms with Crippen molar-refractivity contribution in [3.8, 4) is 10.6 Å². The van der Waals surface area contributed by atoms with E-state index in [2.05, 4.69) is 25.9 Å². The van der Waals surface area contributed by atoms with E-state index in [1.54, 1.807) is 11.3 Å². The largest absolute Gasteiger partial charge is 0.360 e. The van der Waals surface area contributed by atoms with Crippen molar-refractivity contribution in [2.75, 3.05) is 0 Å². The van der Waals surface area contributed by atoms with Gasteiger partial charge in [0.05, 0.1) is 10.6 Å². The van der Waals surface area contributed by atoms with Gasteiger partial charge >= 0.3 is 0 Å². The molecule has 2 aromatic heterocycles. The van der Waals surface area contributed by atoms with Gasteiger partial charge in [-0.1, -0.05) is 0 Å². The van der Waals surface area contributed by atoms with Crippen LogP contribution in [0.4, 0.5) is 0 Å². The van der Waals surface area contributed by atoms with Gasteiger partial charge in [0.25, 0.3) is 0 Å². The first-order valence-electron chi connectivity index (χ1n) is 3.80. The van der Waals surface area contributed by atoms with Gasteiger partial charge in [0.15, 0.2) is 0 Å². The SMILES string of the molecule is NCc1nc(Br)c(-c2ccc[nH]2)s1. The second-order valence-corrected chi connectivity index (χ2v) is 4.35. The molecule has 0 aliphatic rings. The quantitative estimate of drug-likeness (QED) is 0.868. The van der Waals surface area contributed by atoms with Crippen molar-refractivity contribution in [2.24, 2.45) is 5.73 Å². The number of thiazole rings is 1.